The van der Waals surface area contributed by atoms with Crippen LogP contribution in [0.15, 0.2) is 126 Å². The van der Waals surface area contributed by atoms with E-state index in [1.54, 1.807) is 23.5 Å². The summed E-state index contributed by atoms with van der Waals surface area (Å²) in [5.74, 6) is -0.0999. The average Bonchev–Trinajstić information content (AvgIpc) is 3.70. The summed E-state index contributed by atoms with van der Waals surface area (Å²) in [4.78, 5) is 31.1. The van der Waals surface area contributed by atoms with Crippen LogP contribution in [0.4, 0.5) is 10.7 Å². The van der Waals surface area contributed by atoms with Gasteiger partial charge in [0.15, 0.2) is 0 Å². The predicted octanol–water partition coefficient (Wildman–Crippen LogP) is 9.34. The lowest BCUT2D eigenvalue weighted by Gasteiger charge is -2.15. The average molecular weight is 637 g/mol. The summed E-state index contributed by atoms with van der Waals surface area (Å²) < 4.78 is 2.13. The van der Waals surface area contributed by atoms with E-state index in [0.29, 0.717) is 17.1 Å². The van der Waals surface area contributed by atoms with Gasteiger partial charge in [-0.2, -0.15) is 0 Å². The number of aryl methyl sites for hydroxylation is 1. The molecular weight excluding hydrogens is 605 g/mol. The number of nitrogens with one attached hydrogen (secondary N) is 1. The fourth-order valence-corrected chi connectivity index (χ4v) is 7.43. The van der Waals surface area contributed by atoms with Gasteiger partial charge < -0.3 is 9.88 Å². The number of aromatic nitrogens is 1. The van der Waals surface area contributed by atoms with Crippen LogP contribution in [0.25, 0.3) is 28.2 Å². The quantitative estimate of drug-likeness (QED) is 0.0974. The number of benzene rings is 4. The zero-order valence-electron chi connectivity index (χ0n) is 25.6. The molecule has 1 amide bonds. The number of fused-ring (bicyclic) bond motifs is 1. The zero-order chi connectivity index (χ0) is 32.2. The van der Waals surface area contributed by atoms with Crippen LogP contribution in [0.5, 0.6) is 0 Å². The molecule has 232 valence electrons. The second-order valence-corrected chi connectivity index (χ2v) is 12.6. The first-order valence-electron chi connectivity index (χ1n) is 15.7. The van der Waals surface area contributed by atoms with Crippen molar-refractivity contribution in [2.75, 3.05) is 0 Å². The Labute approximate surface area is 277 Å². The molecule has 0 unspecified atom stereocenters. The smallest absolute Gasteiger partial charge is 0.269 e. The van der Waals surface area contributed by atoms with Gasteiger partial charge in [-0.15, -0.1) is 11.3 Å². The second kappa shape index (κ2) is 13.4. The van der Waals surface area contributed by atoms with Gasteiger partial charge in [0.2, 0.25) is 0 Å². The summed E-state index contributed by atoms with van der Waals surface area (Å²) in [6.07, 6.45) is 5.86. The van der Waals surface area contributed by atoms with E-state index < -0.39 is 0 Å². The molecule has 0 fully saturated rings. The fraction of sp³-hybridized carbons (Fsp3) is 0.128. The molecule has 0 spiro atoms. The van der Waals surface area contributed by atoms with Crippen LogP contribution >= 0.6 is 11.3 Å². The third-order valence-electron chi connectivity index (χ3n) is 8.46. The van der Waals surface area contributed by atoms with Gasteiger partial charge in [-0.05, 0) is 66.1 Å². The van der Waals surface area contributed by atoms with E-state index in [1.165, 1.54) is 17.0 Å². The molecule has 4 aromatic carbocycles. The van der Waals surface area contributed by atoms with Crippen molar-refractivity contribution in [2.45, 2.75) is 32.2 Å². The number of nitrogens with zero attached hydrogens (tertiary/aromatic N) is 3. The molecule has 0 bridgehead atoms. The lowest BCUT2D eigenvalue weighted by atomic mass is 9.95. The molecule has 47 heavy (non-hydrogen) atoms. The Hall–Kier alpha value is -5.60. The van der Waals surface area contributed by atoms with Gasteiger partial charge in [0.1, 0.15) is 5.00 Å². The number of carbonyl (C=O) groups excluding carboxylic acids is 1. The number of hydrogen-bond acceptors (Lipinski definition) is 5. The Balaban J connectivity index is 1.36. The molecule has 2 heterocycles. The van der Waals surface area contributed by atoms with E-state index in [-0.39, 0.29) is 16.5 Å². The molecule has 7 nitrogen and oxygen atoms in total. The molecule has 0 radical (unpaired) electrons. The van der Waals surface area contributed by atoms with E-state index in [9.17, 15) is 14.9 Å². The highest BCUT2D eigenvalue weighted by atomic mass is 32.1. The minimum atomic E-state index is -0.387. The van der Waals surface area contributed by atoms with Crippen molar-refractivity contribution in [1.29, 1.82) is 0 Å². The molecule has 1 aliphatic rings. The molecule has 1 N–H and O–H groups in total. The summed E-state index contributed by atoms with van der Waals surface area (Å²) in [5.41, 5.74) is 8.33. The van der Waals surface area contributed by atoms with E-state index in [0.717, 1.165) is 70.6 Å². The number of hydrogen-bond donors (Lipinski definition) is 1. The molecular formula is C39H32N4O3S. The van der Waals surface area contributed by atoms with Crippen LogP contribution in [0, 0.1) is 10.1 Å². The summed E-state index contributed by atoms with van der Waals surface area (Å²) in [6, 6.07) is 38.8. The zero-order valence-corrected chi connectivity index (χ0v) is 26.5. The van der Waals surface area contributed by atoms with Crippen molar-refractivity contribution in [1.82, 2.24) is 9.88 Å². The van der Waals surface area contributed by atoms with Crippen LogP contribution in [0.1, 0.15) is 44.8 Å². The number of rotatable bonds is 9. The molecule has 6 aromatic rings. The maximum atomic E-state index is 13.7. The van der Waals surface area contributed by atoms with Crippen molar-refractivity contribution in [2.24, 2.45) is 4.99 Å². The van der Waals surface area contributed by atoms with E-state index in [1.807, 2.05) is 72.9 Å². The normalized spacial score (nSPS) is 12.6. The molecule has 8 heteroatoms. The van der Waals surface area contributed by atoms with Gasteiger partial charge in [-0.1, -0.05) is 91.0 Å². The first-order chi connectivity index (χ1) is 23.1. The van der Waals surface area contributed by atoms with E-state index in [4.69, 9.17) is 4.99 Å². The topological polar surface area (TPSA) is 89.5 Å². The molecule has 0 saturated carbocycles. The summed E-state index contributed by atoms with van der Waals surface area (Å²) >= 11 is 1.61. The lowest BCUT2D eigenvalue weighted by molar-refractivity contribution is -0.384. The monoisotopic (exact) mass is 636 g/mol. The standard InChI is InChI=1S/C39H32N4O3S/c44-38(40-25-27-12-4-1-5-13-27)36-33-18-10-11-19-35(33)47-39(36)41-26-30-24-34(28-14-6-2-7-15-28)42(37(30)29-16-8-3-9-17-29)31-20-22-32(23-21-31)43(45)46/h1-9,12-17,20-24,26H,10-11,18-19,25H2,(H,40,44). The van der Waals surface area contributed by atoms with Gasteiger partial charge in [0.25, 0.3) is 11.6 Å². The second-order valence-electron chi connectivity index (χ2n) is 11.5. The Morgan fingerprint density at radius 1 is 0.851 bits per heavy atom. The fourth-order valence-electron chi connectivity index (χ4n) is 6.20. The van der Waals surface area contributed by atoms with Crippen LogP contribution in [-0.2, 0) is 19.4 Å². The number of carbonyl (C=O) groups is 1. The Morgan fingerprint density at radius 2 is 1.49 bits per heavy atom. The number of amides is 1. The van der Waals surface area contributed by atoms with Gasteiger partial charge in [-0.3, -0.25) is 14.9 Å². The maximum Gasteiger partial charge on any atom is 0.269 e. The SMILES string of the molecule is O=C(NCc1ccccc1)c1c(N=Cc2cc(-c3ccccc3)n(-c3ccc([N+](=O)[O-])cc3)c2-c2ccccc2)sc2c1CCCC2. The highest BCUT2D eigenvalue weighted by molar-refractivity contribution is 7.16. The van der Waals surface area contributed by atoms with Gasteiger partial charge in [-0.25, -0.2) is 4.99 Å². The van der Waals surface area contributed by atoms with Gasteiger partial charge >= 0.3 is 0 Å². The number of nitro benzene ring substituents is 1. The highest BCUT2D eigenvalue weighted by Crippen LogP contribution is 2.41. The summed E-state index contributed by atoms with van der Waals surface area (Å²) in [7, 11) is 0. The summed E-state index contributed by atoms with van der Waals surface area (Å²) in [5, 5.41) is 15.3. The first-order valence-corrected chi connectivity index (χ1v) is 16.5. The van der Waals surface area contributed by atoms with Crippen LogP contribution in [0.2, 0.25) is 0 Å². The maximum absolute atomic E-state index is 13.7. The predicted molar refractivity (Wildman–Crippen MR) is 189 cm³/mol. The van der Waals surface area contributed by atoms with Crippen molar-refractivity contribution in [3.8, 4) is 28.2 Å². The van der Waals surface area contributed by atoms with Crippen LogP contribution in [0.3, 0.4) is 0 Å². The number of nitro groups is 1. The molecule has 7 rings (SSSR count). The van der Waals surface area contributed by atoms with E-state index in [2.05, 4.69) is 40.2 Å². The van der Waals surface area contributed by atoms with Crippen molar-refractivity contribution >= 4 is 34.1 Å². The molecule has 0 atom stereocenters. The van der Waals surface area contributed by atoms with Crippen molar-refractivity contribution < 1.29 is 9.72 Å². The number of thiophene rings is 1. The Kier molecular flexibility index (Phi) is 8.58. The van der Waals surface area contributed by atoms with E-state index >= 15 is 0 Å². The van der Waals surface area contributed by atoms with Crippen molar-refractivity contribution in [3.63, 3.8) is 0 Å². The minimum absolute atomic E-state index is 0.0324. The number of non-ortho nitro benzene ring substituents is 1. The van der Waals surface area contributed by atoms with Crippen LogP contribution < -0.4 is 5.32 Å². The van der Waals surface area contributed by atoms with Crippen molar-refractivity contribution in [3.05, 3.63) is 159 Å². The minimum Gasteiger partial charge on any atom is -0.348 e. The third-order valence-corrected chi connectivity index (χ3v) is 9.66. The van der Waals surface area contributed by atoms with Gasteiger partial charge in [0.05, 0.1) is 21.9 Å². The van der Waals surface area contributed by atoms with Crippen LogP contribution in [-0.4, -0.2) is 21.6 Å². The molecule has 1 aliphatic carbocycles. The largest absolute Gasteiger partial charge is 0.348 e. The first kappa shape index (κ1) is 30.1. The lowest BCUT2D eigenvalue weighted by Crippen LogP contribution is -2.24. The Bertz CT molecular complexity index is 2070. The summed E-state index contributed by atoms with van der Waals surface area (Å²) in [6.45, 7) is 0.449. The molecule has 0 saturated heterocycles. The third kappa shape index (κ3) is 6.28. The Morgan fingerprint density at radius 3 is 2.17 bits per heavy atom. The van der Waals surface area contributed by atoms with Gasteiger partial charge in [0, 0.05) is 41.0 Å². The number of aliphatic imine (C=N–C) groups is 1. The molecule has 2 aromatic heterocycles. The molecule has 0 aliphatic heterocycles. The highest BCUT2D eigenvalue weighted by Gasteiger charge is 2.26.